The van der Waals surface area contributed by atoms with E-state index in [1.54, 1.807) is 0 Å². The van der Waals surface area contributed by atoms with Crippen LogP contribution in [-0.4, -0.2) is 5.88 Å². The summed E-state index contributed by atoms with van der Waals surface area (Å²) < 4.78 is 0. The van der Waals surface area contributed by atoms with Gasteiger partial charge in [-0.25, -0.2) is 0 Å². The predicted molar refractivity (Wildman–Crippen MR) is 101 cm³/mol. The van der Waals surface area contributed by atoms with Crippen LogP contribution in [0.1, 0.15) is 49.3 Å². The summed E-state index contributed by atoms with van der Waals surface area (Å²) in [5.74, 6) is 2.17. The maximum absolute atomic E-state index is 6.04. The lowest BCUT2D eigenvalue weighted by Crippen LogP contribution is -1.92. The highest BCUT2D eigenvalue weighted by Crippen LogP contribution is 2.25. The first-order valence-electron chi connectivity index (χ1n) is 7.44. The molecule has 1 unspecified atom stereocenters. The molecule has 0 saturated heterocycles. The molecule has 2 aromatic rings. The van der Waals surface area contributed by atoms with Crippen molar-refractivity contribution in [1.82, 2.24) is 0 Å². The van der Waals surface area contributed by atoms with E-state index in [-0.39, 0.29) is 0 Å². The second-order valence-electron chi connectivity index (χ2n) is 5.61. The third-order valence-electron chi connectivity index (χ3n) is 3.44. The zero-order chi connectivity index (χ0) is 16.5. The Kier molecular flexibility index (Phi) is 8.93. The van der Waals surface area contributed by atoms with E-state index in [9.17, 15) is 0 Å². The van der Waals surface area contributed by atoms with Crippen molar-refractivity contribution in [1.29, 1.82) is 0 Å². The molecule has 3 heteroatoms. The van der Waals surface area contributed by atoms with E-state index in [4.69, 9.17) is 34.8 Å². The highest BCUT2D eigenvalue weighted by Gasteiger charge is 2.04. The van der Waals surface area contributed by atoms with Crippen LogP contribution in [0.4, 0.5) is 0 Å². The Morgan fingerprint density at radius 1 is 0.909 bits per heavy atom. The topological polar surface area (TPSA) is 0 Å². The molecule has 0 bridgehead atoms. The van der Waals surface area contributed by atoms with E-state index >= 15 is 0 Å². The van der Waals surface area contributed by atoms with Gasteiger partial charge in [-0.1, -0.05) is 74.8 Å². The van der Waals surface area contributed by atoms with Gasteiger partial charge in [0.1, 0.15) is 0 Å². The lowest BCUT2D eigenvalue weighted by atomic mass is 10.0. The Bertz CT molecular complexity index is 550. The van der Waals surface area contributed by atoms with Crippen molar-refractivity contribution in [3.05, 3.63) is 70.2 Å². The molecule has 0 heterocycles. The molecule has 0 N–H and O–H groups in total. The Morgan fingerprint density at radius 2 is 1.55 bits per heavy atom. The van der Waals surface area contributed by atoms with Crippen molar-refractivity contribution in [3.63, 3.8) is 0 Å². The number of halogens is 3. The van der Waals surface area contributed by atoms with E-state index < -0.39 is 0 Å². The first-order valence-corrected chi connectivity index (χ1v) is 8.89. The Hall–Kier alpha value is -0.690. The summed E-state index contributed by atoms with van der Waals surface area (Å²) in [6.45, 7) is 6.38. The molecule has 0 aromatic heterocycles. The molecule has 0 aliphatic rings. The Morgan fingerprint density at radius 3 is 2.00 bits per heavy atom. The van der Waals surface area contributed by atoms with Gasteiger partial charge in [0.2, 0.25) is 0 Å². The molecule has 22 heavy (non-hydrogen) atoms. The van der Waals surface area contributed by atoms with Gasteiger partial charge in [-0.15, -0.1) is 23.2 Å². The maximum Gasteiger partial charge on any atom is 0.0474 e. The molecule has 2 rings (SSSR count). The number of rotatable bonds is 4. The monoisotopic (exact) mass is 356 g/mol. The average molecular weight is 358 g/mol. The fraction of sp³-hybridized carbons (Fsp3) is 0.368. The van der Waals surface area contributed by atoms with Crippen LogP contribution >= 0.6 is 34.8 Å². The lowest BCUT2D eigenvalue weighted by Gasteiger charge is -2.08. The SMILES string of the molecule is CC(C)c1ccc(CCl)cc1Cl.CC(CCl)c1ccccc1. The zero-order valence-electron chi connectivity index (χ0n) is 13.3. The highest BCUT2D eigenvalue weighted by atomic mass is 35.5. The molecule has 120 valence electrons. The second kappa shape index (κ2) is 10.2. The highest BCUT2D eigenvalue weighted by molar-refractivity contribution is 6.31. The van der Waals surface area contributed by atoms with Crippen LogP contribution in [0.15, 0.2) is 48.5 Å². The van der Waals surface area contributed by atoms with Gasteiger partial charge in [-0.2, -0.15) is 0 Å². The minimum Gasteiger partial charge on any atom is -0.126 e. The standard InChI is InChI=1S/C10H12Cl2.C9H11Cl/c1-7(2)9-4-3-8(6-11)5-10(9)12;1-8(7-10)9-5-3-2-4-6-9/h3-5,7H,6H2,1-2H3;2-6,8H,7H2,1H3. The molecule has 2 aromatic carbocycles. The van der Waals surface area contributed by atoms with Crippen molar-refractivity contribution in [2.75, 3.05) is 5.88 Å². The van der Waals surface area contributed by atoms with Crippen molar-refractivity contribution < 1.29 is 0 Å². The van der Waals surface area contributed by atoms with Gasteiger partial charge in [0.25, 0.3) is 0 Å². The van der Waals surface area contributed by atoms with E-state index in [0.717, 1.165) is 10.6 Å². The van der Waals surface area contributed by atoms with Gasteiger partial charge in [0, 0.05) is 16.8 Å². The van der Waals surface area contributed by atoms with Crippen LogP contribution in [-0.2, 0) is 5.88 Å². The van der Waals surface area contributed by atoms with Crippen LogP contribution in [0.5, 0.6) is 0 Å². The maximum atomic E-state index is 6.04. The summed E-state index contributed by atoms with van der Waals surface area (Å²) >= 11 is 17.4. The van der Waals surface area contributed by atoms with Crippen LogP contribution in [0.25, 0.3) is 0 Å². The van der Waals surface area contributed by atoms with Gasteiger partial charge in [-0.05, 0) is 34.6 Å². The Balaban J connectivity index is 0.000000224. The first-order chi connectivity index (χ1) is 10.5. The molecule has 0 aliphatic carbocycles. The minimum atomic E-state index is 0.474. The van der Waals surface area contributed by atoms with Crippen molar-refractivity contribution >= 4 is 34.8 Å². The number of hydrogen-bond donors (Lipinski definition) is 0. The largest absolute Gasteiger partial charge is 0.126 e. The summed E-state index contributed by atoms with van der Waals surface area (Å²) in [5.41, 5.74) is 3.58. The zero-order valence-corrected chi connectivity index (χ0v) is 15.6. The number of benzene rings is 2. The van der Waals surface area contributed by atoms with Gasteiger partial charge in [0.05, 0.1) is 0 Å². The third-order valence-corrected chi connectivity index (χ3v) is 4.54. The molecule has 0 radical (unpaired) electrons. The van der Waals surface area contributed by atoms with Crippen molar-refractivity contribution in [2.24, 2.45) is 0 Å². The van der Waals surface area contributed by atoms with Crippen LogP contribution < -0.4 is 0 Å². The quantitative estimate of drug-likeness (QED) is 0.506. The summed E-state index contributed by atoms with van der Waals surface area (Å²) in [6.07, 6.45) is 0. The van der Waals surface area contributed by atoms with Crippen LogP contribution in [0, 0.1) is 0 Å². The van der Waals surface area contributed by atoms with Gasteiger partial charge >= 0.3 is 0 Å². The molecule has 0 fully saturated rings. The van der Waals surface area contributed by atoms with E-state index in [1.165, 1.54) is 11.1 Å². The molecule has 0 aliphatic heterocycles. The molecular weight excluding hydrogens is 335 g/mol. The van der Waals surface area contributed by atoms with E-state index in [2.05, 4.69) is 32.9 Å². The summed E-state index contributed by atoms with van der Waals surface area (Å²) in [5, 5.41) is 0.822. The normalized spacial score (nSPS) is 11.8. The third kappa shape index (κ3) is 6.20. The summed E-state index contributed by atoms with van der Waals surface area (Å²) in [7, 11) is 0. The van der Waals surface area contributed by atoms with E-state index in [1.807, 2.05) is 36.4 Å². The van der Waals surface area contributed by atoms with Crippen molar-refractivity contribution in [2.45, 2.75) is 38.5 Å². The molecule has 1 atom stereocenters. The second-order valence-corrected chi connectivity index (χ2v) is 6.59. The molecule has 0 spiro atoms. The predicted octanol–water partition coefficient (Wildman–Crippen LogP) is 7.23. The average Bonchev–Trinajstić information content (AvgIpc) is 2.55. The smallest absolute Gasteiger partial charge is 0.0474 e. The lowest BCUT2D eigenvalue weighted by molar-refractivity contribution is 0.866. The molecule has 0 amide bonds. The van der Waals surface area contributed by atoms with Crippen molar-refractivity contribution in [3.8, 4) is 0 Å². The molecule has 0 nitrogen and oxygen atoms in total. The van der Waals surface area contributed by atoms with E-state index in [0.29, 0.717) is 23.6 Å². The summed E-state index contributed by atoms with van der Waals surface area (Å²) in [6, 6.07) is 16.3. The van der Waals surface area contributed by atoms with Gasteiger partial charge in [-0.3, -0.25) is 0 Å². The number of alkyl halides is 2. The number of hydrogen-bond acceptors (Lipinski definition) is 0. The fourth-order valence-electron chi connectivity index (χ4n) is 1.99. The van der Waals surface area contributed by atoms with Crippen LogP contribution in [0.2, 0.25) is 5.02 Å². The van der Waals surface area contributed by atoms with Gasteiger partial charge in [0.15, 0.2) is 0 Å². The molecular formula is C19H23Cl3. The van der Waals surface area contributed by atoms with Gasteiger partial charge < -0.3 is 0 Å². The minimum absolute atomic E-state index is 0.474. The fourth-order valence-corrected chi connectivity index (χ4v) is 2.76. The Labute approximate surface area is 149 Å². The molecule has 0 saturated carbocycles. The first kappa shape index (κ1) is 19.4. The van der Waals surface area contributed by atoms with Crippen LogP contribution in [0.3, 0.4) is 0 Å². The summed E-state index contributed by atoms with van der Waals surface area (Å²) in [4.78, 5) is 0.